The second-order valence-corrected chi connectivity index (χ2v) is 11.4. The summed E-state index contributed by atoms with van der Waals surface area (Å²) < 4.78 is 0. The van der Waals surface area contributed by atoms with Gasteiger partial charge in [-0.3, -0.25) is 9.59 Å². The molecule has 3 nitrogen and oxygen atoms in total. The Kier molecular flexibility index (Phi) is 5.32. The van der Waals surface area contributed by atoms with E-state index in [1.54, 1.807) is 6.92 Å². The van der Waals surface area contributed by atoms with Gasteiger partial charge in [0.2, 0.25) is 0 Å². The fourth-order valence-corrected chi connectivity index (χ4v) is 7.91. The molecule has 0 unspecified atom stereocenters. The van der Waals surface area contributed by atoms with Gasteiger partial charge >= 0.3 is 5.97 Å². The van der Waals surface area contributed by atoms with Crippen molar-refractivity contribution >= 4 is 11.8 Å². The Balaban J connectivity index is 1.92. The Hall–Kier alpha value is -0.860. The molecule has 0 heterocycles. The molecule has 0 aliphatic heterocycles. The molecule has 154 valence electrons. The molecule has 3 rings (SSSR count). The fourth-order valence-electron chi connectivity index (χ4n) is 7.91. The zero-order valence-corrected chi connectivity index (χ0v) is 18.3. The monoisotopic (exact) mass is 376 g/mol. The molecule has 0 aromatic carbocycles. The number of ketones is 1. The first-order valence-electron chi connectivity index (χ1n) is 11.2. The summed E-state index contributed by atoms with van der Waals surface area (Å²) in [5, 5.41) is 9.31. The predicted molar refractivity (Wildman–Crippen MR) is 108 cm³/mol. The molecule has 0 amide bonds. The number of hydrogen-bond acceptors (Lipinski definition) is 2. The lowest BCUT2D eigenvalue weighted by Gasteiger charge is -2.66. The lowest BCUT2D eigenvalue weighted by atomic mass is 9.38. The maximum atomic E-state index is 13.0. The fraction of sp³-hybridized carbons (Fsp3) is 0.917. The van der Waals surface area contributed by atoms with Crippen LogP contribution < -0.4 is 0 Å². The van der Waals surface area contributed by atoms with Crippen LogP contribution in [0.5, 0.6) is 0 Å². The molecule has 3 fully saturated rings. The molecule has 3 aliphatic carbocycles. The summed E-state index contributed by atoms with van der Waals surface area (Å²) in [4.78, 5) is 24.4. The van der Waals surface area contributed by atoms with Gasteiger partial charge in [-0.05, 0) is 72.5 Å². The zero-order valence-electron chi connectivity index (χ0n) is 18.3. The van der Waals surface area contributed by atoms with Crippen LogP contribution in [0.3, 0.4) is 0 Å². The van der Waals surface area contributed by atoms with Crippen molar-refractivity contribution in [2.75, 3.05) is 0 Å². The van der Waals surface area contributed by atoms with Gasteiger partial charge < -0.3 is 5.11 Å². The van der Waals surface area contributed by atoms with Crippen LogP contribution in [0.25, 0.3) is 0 Å². The third-order valence-electron chi connectivity index (χ3n) is 9.54. The minimum atomic E-state index is -0.712. The van der Waals surface area contributed by atoms with Crippen LogP contribution in [0.4, 0.5) is 0 Å². The number of carbonyl (C=O) groups excluding carboxylic acids is 1. The Morgan fingerprint density at radius 1 is 1.11 bits per heavy atom. The lowest BCUT2D eigenvalue weighted by Crippen LogP contribution is -2.60. The first-order chi connectivity index (χ1) is 12.4. The van der Waals surface area contributed by atoms with Gasteiger partial charge in [-0.1, -0.05) is 48.0 Å². The van der Waals surface area contributed by atoms with Gasteiger partial charge in [-0.2, -0.15) is 0 Å². The highest BCUT2D eigenvalue weighted by molar-refractivity contribution is 5.82. The van der Waals surface area contributed by atoms with Crippen LogP contribution in [0.15, 0.2) is 0 Å². The number of carboxylic acid groups (broad SMARTS) is 1. The lowest BCUT2D eigenvalue weighted by molar-refractivity contribution is -0.180. The number of rotatable bonds is 4. The molecule has 0 radical (unpaired) electrons. The Morgan fingerprint density at radius 3 is 2.41 bits per heavy atom. The van der Waals surface area contributed by atoms with Crippen molar-refractivity contribution in [3.05, 3.63) is 0 Å². The number of carboxylic acids is 1. The number of fused-ring (bicyclic) bond motifs is 3. The van der Waals surface area contributed by atoms with Crippen molar-refractivity contribution in [2.45, 2.75) is 92.9 Å². The molecule has 0 saturated heterocycles. The van der Waals surface area contributed by atoms with Gasteiger partial charge in [0.25, 0.3) is 0 Å². The smallest absolute Gasteiger partial charge is 0.306 e. The SMILES string of the molecule is C[C@@H](CC[C@@H]1[C@@H](C)C(=O)C[C@H]2[C@@]1(C)CC[C@H]1C(C)(C)CCC[C@]21C)C(=O)O. The second kappa shape index (κ2) is 6.88. The van der Waals surface area contributed by atoms with E-state index < -0.39 is 5.97 Å². The van der Waals surface area contributed by atoms with Crippen LogP contribution in [-0.2, 0) is 9.59 Å². The molecule has 1 N–H and O–H groups in total. The van der Waals surface area contributed by atoms with Gasteiger partial charge in [-0.25, -0.2) is 0 Å². The van der Waals surface area contributed by atoms with Crippen LogP contribution in [0.1, 0.15) is 92.9 Å². The molecular formula is C24H40O3. The van der Waals surface area contributed by atoms with Crippen LogP contribution in [-0.4, -0.2) is 16.9 Å². The molecule has 3 aliphatic rings. The summed E-state index contributed by atoms with van der Waals surface area (Å²) in [6.07, 6.45) is 8.60. The molecule has 27 heavy (non-hydrogen) atoms. The predicted octanol–water partition coefficient (Wildman–Crippen LogP) is 5.96. The molecule has 0 spiro atoms. The maximum absolute atomic E-state index is 13.0. The van der Waals surface area contributed by atoms with E-state index in [9.17, 15) is 14.7 Å². The van der Waals surface area contributed by atoms with Crippen molar-refractivity contribution in [3.8, 4) is 0 Å². The summed E-state index contributed by atoms with van der Waals surface area (Å²) >= 11 is 0. The molecule has 0 bridgehead atoms. The van der Waals surface area contributed by atoms with E-state index in [-0.39, 0.29) is 22.7 Å². The number of aliphatic carboxylic acids is 1. The van der Waals surface area contributed by atoms with E-state index in [1.165, 1.54) is 32.1 Å². The van der Waals surface area contributed by atoms with Gasteiger partial charge in [0, 0.05) is 12.3 Å². The van der Waals surface area contributed by atoms with E-state index in [1.807, 2.05) is 0 Å². The average molecular weight is 377 g/mol. The molecular weight excluding hydrogens is 336 g/mol. The Morgan fingerprint density at radius 2 is 1.78 bits per heavy atom. The van der Waals surface area contributed by atoms with E-state index >= 15 is 0 Å². The van der Waals surface area contributed by atoms with Crippen LogP contribution in [0.2, 0.25) is 0 Å². The first kappa shape index (κ1) is 20.9. The van der Waals surface area contributed by atoms with E-state index in [0.29, 0.717) is 35.4 Å². The summed E-state index contributed by atoms with van der Waals surface area (Å²) in [6.45, 7) is 13.7. The van der Waals surface area contributed by atoms with Gasteiger partial charge in [0.05, 0.1) is 5.92 Å². The summed E-state index contributed by atoms with van der Waals surface area (Å²) in [6, 6.07) is 0. The molecule has 7 atom stereocenters. The minimum absolute atomic E-state index is 0.0731. The van der Waals surface area contributed by atoms with Crippen molar-refractivity contribution in [1.82, 2.24) is 0 Å². The van der Waals surface area contributed by atoms with E-state index in [2.05, 4.69) is 34.6 Å². The van der Waals surface area contributed by atoms with Gasteiger partial charge in [0.15, 0.2) is 0 Å². The number of carbonyl (C=O) groups is 2. The van der Waals surface area contributed by atoms with Crippen molar-refractivity contribution in [2.24, 2.45) is 45.8 Å². The minimum Gasteiger partial charge on any atom is -0.481 e. The maximum Gasteiger partial charge on any atom is 0.306 e. The quantitative estimate of drug-likeness (QED) is 0.658. The Labute approximate surface area is 165 Å². The van der Waals surface area contributed by atoms with Crippen molar-refractivity contribution in [1.29, 1.82) is 0 Å². The normalized spacial score (nSPS) is 44.9. The van der Waals surface area contributed by atoms with Gasteiger partial charge in [0.1, 0.15) is 5.78 Å². The zero-order chi connectivity index (χ0) is 20.2. The van der Waals surface area contributed by atoms with Crippen molar-refractivity contribution in [3.63, 3.8) is 0 Å². The highest BCUT2D eigenvalue weighted by Crippen LogP contribution is 2.69. The standard InChI is InChI=1S/C24H40O3/c1-15(21(26)27)8-9-17-16(2)18(25)14-20-23(17,5)13-10-19-22(3,4)11-7-12-24(19,20)6/h15-17,19-20H,7-14H2,1-6H3,(H,26,27)/t15-,16+,17+,19-,20-,23-,24-/m0/s1. The van der Waals surface area contributed by atoms with Crippen LogP contribution >= 0.6 is 0 Å². The number of hydrogen-bond donors (Lipinski definition) is 1. The number of Topliss-reactive ketones (excluding diaryl/α,β-unsaturated/α-hetero) is 1. The van der Waals surface area contributed by atoms with E-state index in [4.69, 9.17) is 0 Å². The third-order valence-corrected chi connectivity index (χ3v) is 9.54. The third kappa shape index (κ3) is 3.27. The van der Waals surface area contributed by atoms with Gasteiger partial charge in [-0.15, -0.1) is 0 Å². The van der Waals surface area contributed by atoms with Crippen molar-refractivity contribution < 1.29 is 14.7 Å². The summed E-state index contributed by atoms with van der Waals surface area (Å²) in [5.41, 5.74) is 0.791. The van der Waals surface area contributed by atoms with E-state index in [0.717, 1.165) is 12.8 Å². The largest absolute Gasteiger partial charge is 0.481 e. The molecule has 0 aromatic heterocycles. The topological polar surface area (TPSA) is 54.4 Å². The summed E-state index contributed by atoms with van der Waals surface area (Å²) in [7, 11) is 0. The molecule has 3 heteroatoms. The Bertz CT molecular complexity index is 609. The highest BCUT2D eigenvalue weighted by Gasteiger charge is 2.62. The first-order valence-corrected chi connectivity index (χ1v) is 11.2. The molecule has 0 aromatic rings. The summed E-state index contributed by atoms with van der Waals surface area (Å²) in [5.74, 6) is 0.954. The van der Waals surface area contributed by atoms with Crippen LogP contribution in [0, 0.1) is 45.8 Å². The highest BCUT2D eigenvalue weighted by atomic mass is 16.4. The molecule has 3 saturated carbocycles. The second-order valence-electron chi connectivity index (χ2n) is 11.4. The average Bonchev–Trinajstić information content (AvgIpc) is 2.56.